The van der Waals surface area contributed by atoms with Gasteiger partial charge in [0.15, 0.2) is 0 Å². The van der Waals surface area contributed by atoms with Crippen molar-refractivity contribution >= 4 is 21.6 Å². The van der Waals surface area contributed by atoms with Crippen molar-refractivity contribution in [3.63, 3.8) is 0 Å². The van der Waals surface area contributed by atoms with Gasteiger partial charge in [-0.1, -0.05) is 0 Å². The molecule has 1 aliphatic rings. The van der Waals surface area contributed by atoms with Crippen LogP contribution in [0.15, 0.2) is 23.1 Å². The van der Waals surface area contributed by atoms with Gasteiger partial charge < -0.3 is 19.5 Å². The molecule has 0 saturated carbocycles. The molecule has 1 aromatic rings. The highest BCUT2D eigenvalue weighted by molar-refractivity contribution is 7.89. The number of hydrogen-bond donors (Lipinski definition) is 2. The van der Waals surface area contributed by atoms with E-state index in [-0.39, 0.29) is 23.5 Å². The number of ether oxygens (including phenoxy) is 3. The van der Waals surface area contributed by atoms with Crippen molar-refractivity contribution in [2.45, 2.75) is 37.2 Å². The van der Waals surface area contributed by atoms with E-state index in [1.54, 1.807) is 0 Å². The Morgan fingerprint density at radius 3 is 2.85 bits per heavy atom. The van der Waals surface area contributed by atoms with Crippen LogP contribution in [-0.4, -0.2) is 53.9 Å². The normalized spacial score (nSPS) is 17.2. The molecule has 0 aliphatic carbocycles. The number of carbonyl (C=O) groups excluding carboxylic acids is 1. The Bertz CT molecular complexity index is 701. The highest BCUT2D eigenvalue weighted by atomic mass is 32.2. The van der Waals surface area contributed by atoms with Crippen molar-refractivity contribution in [3.05, 3.63) is 18.2 Å². The summed E-state index contributed by atoms with van der Waals surface area (Å²) in [5, 5.41) is 2.56. The molecule has 146 valence electrons. The molecule has 1 atom stereocenters. The zero-order valence-corrected chi connectivity index (χ0v) is 15.9. The SMILES string of the molecule is COc1ccc(S(=O)(=O)NCCCOC[C@@H]2CCCO2)cc1NC(C)=O. The van der Waals surface area contributed by atoms with Crippen molar-refractivity contribution < 1.29 is 27.4 Å². The smallest absolute Gasteiger partial charge is 0.240 e. The summed E-state index contributed by atoms with van der Waals surface area (Å²) >= 11 is 0. The van der Waals surface area contributed by atoms with E-state index in [1.807, 2.05) is 0 Å². The first kappa shape index (κ1) is 20.6. The van der Waals surface area contributed by atoms with Crippen LogP contribution in [0, 0.1) is 0 Å². The second kappa shape index (κ2) is 9.86. The molecule has 1 saturated heterocycles. The van der Waals surface area contributed by atoms with Gasteiger partial charge >= 0.3 is 0 Å². The van der Waals surface area contributed by atoms with Crippen molar-refractivity contribution in [2.75, 3.05) is 38.8 Å². The quantitative estimate of drug-likeness (QED) is 0.591. The van der Waals surface area contributed by atoms with Gasteiger partial charge in [0.05, 0.1) is 30.4 Å². The highest BCUT2D eigenvalue weighted by Crippen LogP contribution is 2.27. The van der Waals surface area contributed by atoms with Gasteiger partial charge in [0.25, 0.3) is 0 Å². The molecule has 1 aromatic carbocycles. The van der Waals surface area contributed by atoms with E-state index in [4.69, 9.17) is 14.2 Å². The Morgan fingerprint density at radius 1 is 1.38 bits per heavy atom. The maximum absolute atomic E-state index is 12.4. The highest BCUT2D eigenvalue weighted by Gasteiger charge is 2.17. The van der Waals surface area contributed by atoms with Crippen LogP contribution in [0.3, 0.4) is 0 Å². The third kappa shape index (κ3) is 6.24. The topological polar surface area (TPSA) is 103 Å². The molecular weight excluding hydrogens is 360 g/mol. The molecule has 2 rings (SSSR count). The molecule has 0 radical (unpaired) electrons. The molecular formula is C17H26N2O6S. The van der Waals surface area contributed by atoms with Gasteiger partial charge in [-0.25, -0.2) is 13.1 Å². The molecule has 1 fully saturated rings. The lowest BCUT2D eigenvalue weighted by Gasteiger charge is -2.12. The molecule has 0 bridgehead atoms. The van der Waals surface area contributed by atoms with E-state index in [2.05, 4.69) is 10.0 Å². The van der Waals surface area contributed by atoms with Crippen LogP contribution >= 0.6 is 0 Å². The number of amides is 1. The average molecular weight is 386 g/mol. The van der Waals surface area contributed by atoms with Crippen molar-refractivity contribution in [2.24, 2.45) is 0 Å². The number of carbonyl (C=O) groups is 1. The largest absolute Gasteiger partial charge is 0.495 e. The first-order valence-electron chi connectivity index (χ1n) is 8.57. The Labute approximate surface area is 154 Å². The second-order valence-corrected chi connectivity index (χ2v) is 7.77. The number of hydrogen-bond acceptors (Lipinski definition) is 6. The molecule has 1 heterocycles. The zero-order chi connectivity index (χ0) is 19.0. The maximum atomic E-state index is 12.4. The molecule has 0 unspecified atom stereocenters. The molecule has 2 N–H and O–H groups in total. The van der Waals surface area contributed by atoms with Gasteiger partial charge in [-0.2, -0.15) is 0 Å². The summed E-state index contributed by atoms with van der Waals surface area (Å²) in [6.07, 6.45) is 2.80. The predicted octanol–water partition coefficient (Wildman–Crippen LogP) is 1.52. The van der Waals surface area contributed by atoms with Crippen LogP contribution in [0.1, 0.15) is 26.2 Å². The summed E-state index contributed by atoms with van der Waals surface area (Å²) in [5.74, 6) is 0.0795. The Kier molecular flexibility index (Phi) is 7.83. The summed E-state index contributed by atoms with van der Waals surface area (Å²) < 4.78 is 43.4. The molecule has 8 nitrogen and oxygen atoms in total. The molecule has 26 heavy (non-hydrogen) atoms. The van der Waals surface area contributed by atoms with Crippen LogP contribution in [0.25, 0.3) is 0 Å². The maximum Gasteiger partial charge on any atom is 0.240 e. The number of rotatable bonds is 10. The van der Waals surface area contributed by atoms with E-state index in [0.717, 1.165) is 19.4 Å². The van der Waals surface area contributed by atoms with Gasteiger partial charge in [0.1, 0.15) is 5.75 Å². The monoisotopic (exact) mass is 386 g/mol. The van der Waals surface area contributed by atoms with Gasteiger partial charge in [0.2, 0.25) is 15.9 Å². The molecule has 1 amide bonds. The molecule has 0 spiro atoms. The summed E-state index contributed by atoms with van der Waals surface area (Å²) in [4.78, 5) is 11.3. The first-order chi connectivity index (χ1) is 12.4. The van der Waals surface area contributed by atoms with Gasteiger partial charge in [-0.15, -0.1) is 0 Å². The lowest BCUT2D eigenvalue weighted by atomic mass is 10.2. The van der Waals surface area contributed by atoms with Gasteiger partial charge in [-0.05, 0) is 37.5 Å². The fraction of sp³-hybridized carbons (Fsp3) is 0.588. The van der Waals surface area contributed by atoms with Gasteiger partial charge in [0, 0.05) is 26.7 Å². The lowest BCUT2D eigenvalue weighted by Crippen LogP contribution is -2.26. The predicted molar refractivity (Wildman–Crippen MR) is 96.9 cm³/mol. The minimum Gasteiger partial charge on any atom is -0.495 e. The number of methoxy groups -OCH3 is 1. The minimum atomic E-state index is -3.68. The minimum absolute atomic E-state index is 0.0577. The second-order valence-electron chi connectivity index (χ2n) is 6.00. The Balaban J connectivity index is 1.83. The number of sulfonamides is 1. The van der Waals surface area contributed by atoms with E-state index < -0.39 is 10.0 Å². The summed E-state index contributed by atoms with van der Waals surface area (Å²) in [5.41, 5.74) is 0.308. The van der Waals surface area contributed by atoms with Crippen LogP contribution < -0.4 is 14.8 Å². The third-order valence-corrected chi connectivity index (χ3v) is 5.34. The summed E-state index contributed by atoms with van der Waals surface area (Å²) in [6, 6.07) is 4.31. The summed E-state index contributed by atoms with van der Waals surface area (Å²) in [6.45, 7) is 3.40. The van der Waals surface area contributed by atoms with Gasteiger partial charge in [-0.3, -0.25) is 4.79 Å². The number of nitrogens with one attached hydrogen (secondary N) is 2. The molecule has 9 heteroatoms. The van der Waals surface area contributed by atoms with Crippen molar-refractivity contribution in [1.82, 2.24) is 4.72 Å². The number of anilines is 1. The van der Waals surface area contributed by atoms with Crippen LogP contribution in [0.4, 0.5) is 5.69 Å². The molecule has 1 aliphatic heterocycles. The van der Waals surface area contributed by atoms with E-state index in [0.29, 0.717) is 31.1 Å². The zero-order valence-electron chi connectivity index (χ0n) is 15.1. The Hall–Kier alpha value is -1.68. The summed E-state index contributed by atoms with van der Waals surface area (Å²) in [7, 11) is -2.24. The van der Waals surface area contributed by atoms with Crippen LogP contribution in [0.2, 0.25) is 0 Å². The first-order valence-corrected chi connectivity index (χ1v) is 10.1. The van der Waals surface area contributed by atoms with E-state index >= 15 is 0 Å². The van der Waals surface area contributed by atoms with Crippen molar-refractivity contribution in [1.29, 1.82) is 0 Å². The van der Waals surface area contributed by atoms with Crippen LogP contribution in [-0.2, 0) is 24.3 Å². The fourth-order valence-corrected chi connectivity index (χ4v) is 3.70. The Morgan fingerprint density at radius 2 is 2.19 bits per heavy atom. The van der Waals surface area contributed by atoms with Crippen LogP contribution in [0.5, 0.6) is 5.75 Å². The molecule has 0 aromatic heterocycles. The number of benzene rings is 1. The third-order valence-electron chi connectivity index (χ3n) is 3.88. The standard InChI is InChI=1S/C17H26N2O6S/c1-13(20)19-16-11-15(6-7-17(16)23-2)26(21,22)18-8-4-9-24-12-14-5-3-10-25-14/h6-7,11,14,18H,3-5,8-10,12H2,1-2H3,(H,19,20)/t14-/m0/s1. The lowest BCUT2D eigenvalue weighted by molar-refractivity contribution is -0.114. The van der Waals surface area contributed by atoms with Crippen molar-refractivity contribution in [3.8, 4) is 5.75 Å². The fourth-order valence-electron chi connectivity index (χ4n) is 2.60. The van der Waals surface area contributed by atoms with E-state index in [9.17, 15) is 13.2 Å². The average Bonchev–Trinajstić information content (AvgIpc) is 3.10. The van der Waals surface area contributed by atoms with E-state index in [1.165, 1.54) is 32.2 Å².